The first-order valence-corrected chi connectivity index (χ1v) is 6.49. The summed E-state index contributed by atoms with van der Waals surface area (Å²) in [6, 6.07) is 0. The second-order valence-corrected chi connectivity index (χ2v) is 5.06. The second-order valence-electron chi connectivity index (χ2n) is 5.06. The SMILES string of the molecule is Cc1c(C2CCCCCCC2)nn(C)c1N. The van der Waals surface area contributed by atoms with Crippen LogP contribution in [0.25, 0.3) is 0 Å². The van der Waals surface area contributed by atoms with Crippen LogP contribution < -0.4 is 5.73 Å². The van der Waals surface area contributed by atoms with Crippen LogP contribution in [-0.4, -0.2) is 9.78 Å². The highest BCUT2D eigenvalue weighted by Crippen LogP contribution is 2.33. The standard InChI is InChI=1S/C13H23N3/c1-10-12(15-16(2)13(10)14)11-8-6-4-3-5-7-9-11/h11H,3-9,14H2,1-2H3. The zero-order valence-corrected chi connectivity index (χ0v) is 10.5. The van der Waals surface area contributed by atoms with Crippen LogP contribution in [0.15, 0.2) is 0 Å². The molecule has 1 aromatic rings. The monoisotopic (exact) mass is 221 g/mol. The fourth-order valence-electron chi connectivity index (χ4n) is 2.78. The number of anilines is 1. The lowest BCUT2D eigenvalue weighted by Crippen LogP contribution is -2.05. The average molecular weight is 221 g/mol. The molecule has 0 atom stereocenters. The van der Waals surface area contributed by atoms with Crippen LogP contribution in [0.5, 0.6) is 0 Å². The quantitative estimate of drug-likeness (QED) is 0.791. The van der Waals surface area contributed by atoms with Gasteiger partial charge in [0.05, 0.1) is 5.69 Å². The fourth-order valence-corrected chi connectivity index (χ4v) is 2.78. The van der Waals surface area contributed by atoms with Crippen molar-refractivity contribution in [3.8, 4) is 0 Å². The maximum absolute atomic E-state index is 5.98. The summed E-state index contributed by atoms with van der Waals surface area (Å²) in [6.45, 7) is 2.11. The molecule has 1 aliphatic carbocycles. The minimum Gasteiger partial charge on any atom is -0.384 e. The van der Waals surface area contributed by atoms with Gasteiger partial charge in [0.15, 0.2) is 0 Å². The van der Waals surface area contributed by atoms with Crippen LogP contribution in [-0.2, 0) is 7.05 Å². The normalized spacial score (nSPS) is 19.4. The molecule has 0 aliphatic heterocycles. The van der Waals surface area contributed by atoms with Gasteiger partial charge in [-0.05, 0) is 19.8 Å². The zero-order valence-electron chi connectivity index (χ0n) is 10.5. The molecule has 0 bridgehead atoms. The Labute approximate surface area is 98.0 Å². The van der Waals surface area contributed by atoms with E-state index < -0.39 is 0 Å². The summed E-state index contributed by atoms with van der Waals surface area (Å²) in [4.78, 5) is 0. The molecule has 2 rings (SSSR count). The summed E-state index contributed by atoms with van der Waals surface area (Å²) in [6.07, 6.45) is 9.46. The van der Waals surface area contributed by atoms with Crippen molar-refractivity contribution in [3.05, 3.63) is 11.3 Å². The highest BCUT2D eigenvalue weighted by atomic mass is 15.3. The van der Waals surface area contributed by atoms with Crippen molar-refractivity contribution < 1.29 is 0 Å². The molecule has 1 heterocycles. The van der Waals surface area contributed by atoms with Gasteiger partial charge in [-0.2, -0.15) is 5.10 Å². The number of nitrogen functional groups attached to an aromatic ring is 1. The lowest BCUT2D eigenvalue weighted by atomic mass is 9.87. The van der Waals surface area contributed by atoms with Crippen LogP contribution in [0.1, 0.15) is 62.1 Å². The van der Waals surface area contributed by atoms with E-state index in [1.807, 2.05) is 11.7 Å². The molecule has 0 radical (unpaired) electrons. The van der Waals surface area contributed by atoms with Crippen molar-refractivity contribution in [2.24, 2.45) is 7.05 Å². The van der Waals surface area contributed by atoms with Gasteiger partial charge < -0.3 is 5.73 Å². The largest absolute Gasteiger partial charge is 0.384 e. The predicted octanol–water partition coefficient (Wildman–Crippen LogP) is 3.14. The predicted molar refractivity (Wildman–Crippen MR) is 67.4 cm³/mol. The minimum atomic E-state index is 0.642. The summed E-state index contributed by atoms with van der Waals surface area (Å²) in [5.74, 6) is 1.47. The number of aryl methyl sites for hydroxylation is 1. The number of aromatic nitrogens is 2. The number of hydrogen-bond donors (Lipinski definition) is 1. The van der Waals surface area contributed by atoms with Gasteiger partial charge in [-0.25, -0.2) is 0 Å². The molecule has 1 saturated carbocycles. The van der Waals surface area contributed by atoms with E-state index in [0.717, 1.165) is 5.82 Å². The van der Waals surface area contributed by atoms with Crippen LogP contribution in [0, 0.1) is 6.92 Å². The lowest BCUT2D eigenvalue weighted by molar-refractivity contribution is 0.446. The van der Waals surface area contributed by atoms with E-state index in [9.17, 15) is 0 Å². The highest BCUT2D eigenvalue weighted by molar-refractivity contribution is 5.43. The second kappa shape index (κ2) is 4.89. The molecule has 0 aromatic carbocycles. The first kappa shape index (κ1) is 11.5. The molecule has 3 nitrogen and oxygen atoms in total. The Morgan fingerprint density at radius 3 is 2.19 bits per heavy atom. The maximum atomic E-state index is 5.98. The summed E-state index contributed by atoms with van der Waals surface area (Å²) < 4.78 is 1.82. The van der Waals surface area contributed by atoms with Crippen LogP contribution in [0.2, 0.25) is 0 Å². The Bertz CT molecular complexity index is 346. The first-order valence-electron chi connectivity index (χ1n) is 6.49. The van der Waals surface area contributed by atoms with Gasteiger partial charge in [0.1, 0.15) is 5.82 Å². The third-order valence-electron chi connectivity index (χ3n) is 3.87. The molecule has 90 valence electrons. The van der Waals surface area contributed by atoms with Crippen LogP contribution >= 0.6 is 0 Å². The summed E-state index contributed by atoms with van der Waals surface area (Å²) in [5.41, 5.74) is 8.43. The third-order valence-corrected chi connectivity index (χ3v) is 3.87. The van der Waals surface area contributed by atoms with E-state index >= 15 is 0 Å². The third kappa shape index (κ3) is 2.23. The van der Waals surface area contributed by atoms with Gasteiger partial charge in [0.2, 0.25) is 0 Å². The molecular weight excluding hydrogens is 198 g/mol. The van der Waals surface area contributed by atoms with Crippen molar-refractivity contribution in [2.45, 2.75) is 57.8 Å². The van der Waals surface area contributed by atoms with Gasteiger partial charge in [0.25, 0.3) is 0 Å². The molecule has 0 saturated heterocycles. The molecule has 1 aromatic heterocycles. The van der Waals surface area contributed by atoms with Gasteiger partial charge in [-0.1, -0.05) is 32.1 Å². The maximum Gasteiger partial charge on any atom is 0.124 e. The molecule has 1 aliphatic rings. The van der Waals surface area contributed by atoms with E-state index in [0.29, 0.717) is 5.92 Å². The molecular formula is C13H23N3. The Morgan fingerprint density at radius 2 is 1.69 bits per heavy atom. The van der Waals surface area contributed by atoms with Gasteiger partial charge >= 0.3 is 0 Å². The highest BCUT2D eigenvalue weighted by Gasteiger charge is 2.20. The Kier molecular flexibility index (Phi) is 3.52. The van der Waals surface area contributed by atoms with E-state index in [-0.39, 0.29) is 0 Å². The Balaban J connectivity index is 2.17. The molecule has 16 heavy (non-hydrogen) atoms. The van der Waals surface area contributed by atoms with E-state index in [1.54, 1.807) is 0 Å². The van der Waals surface area contributed by atoms with Crippen molar-refractivity contribution >= 4 is 5.82 Å². The summed E-state index contributed by atoms with van der Waals surface area (Å²) in [7, 11) is 1.94. The zero-order chi connectivity index (χ0) is 11.5. The van der Waals surface area contributed by atoms with E-state index in [4.69, 9.17) is 5.73 Å². The Morgan fingerprint density at radius 1 is 1.12 bits per heavy atom. The number of hydrogen-bond acceptors (Lipinski definition) is 2. The van der Waals surface area contributed by atoms with Crippen LogP contribution in [0.4, 0.5) is 5.82 Å². The van der Waals surface area contributed by atoms with Crippen molar-refractivity contribution in [1.29, 1.82) is 0 Å². The van der Waals surface area contributed by atoms with Gasteiger partial charge in [0, 0.05) is 18.5 Å². The fraction of sp³-hybridized carbons (Fsp3) is 0.769. The molecule has 3 heteroatoms. The number of nitrogens with two attached hydrogens (primary N) is 1. The smallest absolute Gasteiger partial charge is 0.124 e. The van der Waals surface area contributed by atoms with Crippen molar-refractivity contribution in [2.75, 3.05) is 5.73 Å². The summed E-state index contributed by atoms with van der Waals surface area (Å²) >= 11 is 0. The molecule has 2 N–H and O–H groups in total. The number of rotatable bonds is 1. The van der Waals surface area contributed by atoms with Crippen molar-refractivity contribution in [3.63, 3.8) is 0 Å². The van der Waals surface area contributed by atoms with E-state index in [1.165, 1.54) is 56.2 Å². The average Bonchev–Trinajstić information content (AvgIpc) is 2.46. The molecule has 0 spiro atoms. The van der Waals surface area contributed by atoms with E-state index in [2.05, 4.69) is 12.0 Å². The van der Waals surface area contributed by atoms with Gasteiger partial charge in [-0.15, -0.1) is 0 Å². The Hall–Kier alpha value is -0.990. The molecule has 0 amide bonds. The topological polar surface area (TPSA) is 43.8 Å². The van der Waals surface area contributed by atoms with Gasteiger partial charge in [-0.3, -0.25) is 4.68 Å². The minimum absolute atomic E-state index is 0.642. The molecule has 1 fully saturated rings. The number of nitrogens with zero attached hydrogens (tertiary/aromatic N) is 2. The lowest BCUT2D eigenvalue weighted by Gasteiger charge is -2.18. The van der Waals surface area contributed by atoms with Crippen LogP contribution in [0.3, 0.4) is 0 Å². The molecule has 0 unspecified atom stereocenters. The van der Waals surface area contributed by atoms with Crippen molar-refractivity contribution in [1.82, 2.24) is 9.78 Å². The first-order chi connectivity index (χ1) is 7.70. The summed E-state index contributed by atoms with van der Waals surface area (Å²) in [5, 5.41) is 4.60.